The molecule has 6 heteroatoms. The molecule has 0 amide bonds. The van der Waals surface area contributed by atoms with Crippen LogP contribution < -0.4 is 5.46 Å². The second-order valence-corrected chi connectivity index (χ2v) is 4.40. The molecule has 2 nitrogen and oxygen atoms in total. The first-order valence-corrected chi connectivity index (χ1v) is 6.25. The van der Waals surface area contributed by atoms with Crippen molar-refractivity contribution < 1.29 is 22.4 Å². The van der Waals surface area contributed by atoms with Crippen LogP contribution in [-0.4, -0.2) is 26.5 Å². The van der Waals surface area contributed by atoms with Crippen LogP contribution in [0.25, 0.3) is 6.08 Å². The molecule has 1 aliphatic heterocycles. The summed E-state index contributed by atoms with van der Waals surface area (Å²) in [7, 11) is 0. The van der Waals surface area contributed by atoms with Crippen LogP contribution in [0.2, 0.25) is 0 Å². The van der Waals surface area contributed by atoms with E-state index < -0.39 is 12.4 Å². The topological polar surface area (TPSA) is 18.5 Å². The molecule has 2 rings (SSSR count). The van der Waals surface area contributed by atoms with Gasteiger partial charge in [-0.25, -0.2) is 0 Å². The van der Waals surface area contributed by atoms with Gasteiger partial charge in [-0.2, -0.15) is 0 Å². The van der Waals surface area contributed by atoms with Crippen LogP contribution in [0.3, 0.4) is 0 Å². The summed E-state index contributed by atoms with van der Waals surface area (Å²) in [5, 5.41) is 0. The minimum absolute atomic E-state index is 0.234. The zero-order chi connectivity index (χ0) is 13.7. The van der Waals surface area contributed by atoms with Gasteiger partial charge < -0.3 is 22.4 Å². The molecule has 19 heavy (non-hydrogen) atoms. The molecule has 0 aliphatic carbocycles. The van der Waals surface area contributed by atoms with Crippen molar-refractivity contribution in [2.24, 2.45) is 0 Å². The minimum atomic E-state index is -4.91. The first kappa shape index (κ1) is 14.2. The van der Waals surface area contributed by atoms with Crippen LogP contribution in [0.1, 0.15) is 18.4 Å². The third-order valence-electron chi connectivity index (χ3n) is 2.85. The van der Waals surface area contributed by atoms with Crippen molar-refractivity contribution in [1.29, 1.82) is 0 Å². The van der Waals surface area contributed by atoms with E-state index in [0.717, 1.165) is 24.1 Å². The van der Waals surface area contributed by atoms with Crippen LogP contribution in [-0.2, 0) is 9.47 Å². The Labute approximate surface area is 110 Å². The maximum absolute atomic E-state index is 12.4. The lowest BCUT2D eigenvalue weighted by molar-refractivity contribution is -0.175. The van der Waals surface area contributed by atoms with Crippen molar-refractivity contribution in [3.05, 3.63) is 35.9 Å². The average Bonchev–Trinajstić information content (AvgIpc) is 2.39. The number of hydrogen-bond acceptors (Lipinski definition) is 2. The smallest absolute Gasteiger partial charge is 0.445 e. The van der Waals surface area contributed by atoms with Crippen molar-refractivity contribution in [2.45, 2.75) is 19.1 Å². The van der Waals surface area contributed by atoms with Gasteiger partial charge in [0, 0.05) is 6.42 Å². The molecule has 1 saturated heterocycles. The van der Waals surface area contributed by atoms with Gasteiger partial charge in [-0.3, -0.25) is 0 Å². The lowest BCUT2D eigenvalue weighted by Gasteiger charge is -2.21. The van der Waals surface area contributed by atoms with Crippen molar-refractivity contribution in [3.63, 3.8) is 0 Å². The van der Waals surface area contributed by atoms with Gasteiger partial charge in [0.25, 0.3) is 0 Å². The van der Waals surface area contributed by atoms with E-state index in [9.17, 15) is 12.9 Å². The third kappa shape index (κ3) is 4.40. The molecule has 1 fully saturated rings. The number of halogens is 3. The molecule has 104 valence electrons. The van der Waals surface area contributed by atoms with E-state index in [1.165, 1.54) is 12.1 Å². The molecule has 0 unspecified atom stereocenters. The van der Waals surface area contributed by atoms with Crippen molar-refractivity contribution in [2.75, 3.05) is 13.2 Å². The molecule has 0 atom stereocenters. The van der Waals surface area contributed by atoms with E-state index in [1.54, 1.807) is 6.08 Å². The molecular weight excluding hydrogens is 256 g/mol. The Balaban J connectivity index is 1.88. The Morgan fingerprint density at radius 3 is 2.32 bits per heavy atom. The van der Waals surface area contributed by atoms with E-state index in [0.29, 0.717) is 19.6 Å². The summed E-state index contributed by atoms with van der Waals surface area (Å²) < 4.78 is 48.0. The Morgan fingerprint density at radius 1 is 1.11 bits per heavy atom. The van der Waals surface area contributed by atoms with Gasteiger partial charge in [-0.05, 0) is 12.0 Å². The molecule has 1 aromatic rings. The van der Waals surface area contributed by atoms with Gasteiger partial charge >= 0.3 is 6.98 Å². The number of rotatable bonds is 4. The first-order valence-electron chi connectivity index (χ1n) is 6.25. The van der Waals surface area contributed by atoms with Gasteiger partial charge in [0.1, 0.15) is 0 Å². The van der Waals surface area contributed by atoms with Gasteiger partial charge in [-0.1, -0.05) is 36.4 Å². The largest absolute Gasteiger partial charge is 0.509 e. The van der Waals surface area contributed by atoms with E-state index in [-0.39, 0.29) is 6.29 Å². The van der Waals surface area contributed by atoms with Gasteiger partial charge in [0.2, 0.25) is 0 Å². The van der Waals surface area contributed by atoms with Crippen molar-refractivity contribution in [3.8, 4) is 0 Å². The monoisotopic (exact) mass is 271 g/mol. The molecule has 0 bridgehead atoms. The Hall–Kier alpha value is -1.27. The SMILES string of the molecule is F[B-](F)(F)c1ccc(/C=C\CC2OCCCO2)cc1. The standard InChI is InChI=1S/C13H15BF3O2/c15-14(16,17)12-7-5-11(6-8-12)3-1-4-13-18-9-2-10-19-13/h1,3,5-8,13H,2,4,9-10H2/q-1/b3-1-. The molecule has 0 saturated carbocycles. The maximum atomic E-state index is 12.4. The molecule has 0 N–H and O–H groups in total. The van der Waals surface area contributed by atoms with Crippen LogP contribution in [0, 0.1) is 0 Å². The van der Waals surface area contributed by atoms with Crippen LogP contribution in [0.4, 0.5) is 12.9 Å². The fourth-order valence-corrected chi connectivity index (χ4v) is 1.81. The predicted molar refractivity (Wildman–Crippen MR) is 69.1 cm³/mol. The van der Waals surface area contributed by atoms with E-state index in [2.05, 4.69) is 0 Å². The summed E-state index contributed by atoms with van der Waals surface area (Å²) in [6.07, 6.45) is 4.90. The van der Waals surface area contributed by atoms with Crippen LogP contribution >= 0.6 is 0 Å². The van der Waals surface area contributed by atoms with Crippen LogP contribution in [0.5, 0.6) is 0 Å². The number of hydrogen-bond donors (Lipinski definition) is 0. The molecule has 1 aliphatic rings. The Bertz CT molecular complexity index is 423. The fraction of sp³-hybridized carbons (Fsp3) is 0.385. The van der Waals surface area contributed by atoms with Gasteiger partial charge in [-0.15, -0.1) is 5.46 Å². The normalized spacial score (nSPS) is 18.1. The summed E-state index contributed by atoms with van der Waals surface area (Å²) in [6.45, 7) is -3.52. The molecule has 1 heterocycles. The zero-order valence-electron chi connectivity index (χ0n) is 10.4. The highest BCUT2D eigenvalue weighted by Gasteiger charge is 2.24. The summed E-state index contributed by atoms with van der Waals surface area (Å²) in [5.41, 5.74) is 0.163. The first-order chi connectivity index (χ1) is 9.05. The third-order valence-corrected chi connectivity index (χ3v) is 2.85. The van der Waals surface area contributed by atoms with E-state index in [4.69, 9.17) is 9.47 Å². The summed E-state index contributed by atoms with van der Waals surface area (Å²) in [4.78, 5) is 0. The minimum Gasteiger partial charge on any atom is -0.445 e. The highest BCUT2D eigenvalue weighted by molar-refractivity contribution is 6.73. The van der Waals surface area contributed by atoms with Gasteiger partial charge in [0.15, 0.2) is 6.29 Å². The summed E-state index contributed by atoms with van der Waals surface area (Å²) >= 11 is 0. The Kier molecular flexibility index (Phi) is 4.66. The average molecular weight is 271 g/mol. The lowest BCUT2D eigenvalue weighted by Crippen LogP contribution is -2.33. The second kappa shape index (κ2) is 6.26. The van der Waals surface area contributed by atoms with Crippen LogP contribution in [0.15, 0.2) is 30.3 Å². The number of ether oxygens (including phenoxy) is 2. The molecular formula is C13H15BF3O2-. The van der Waals surface area contributed by atoms with Gasteiger partial charge in [0.05, 0.1) is 13.2 Å². The summed E-state index contributed by atoms with van der Waals surface area (Å²) in [6, 6.07) is 5.13. The quantitative estimate of drug-likeness (QED) is 0.784. The molecule has 1 aromatic carbocycles. The van der Waals surface area contributed by atoms with Crippen molar-refractivity contribution >= 4 is 18.5 Å². The maximum Gasteiger partial charge on any atom is 0.509 e. The molecule has 0 radical (unpaired) electrons. The van der Waals surface area contributed by atoms with E-state index in [1.807, 2.05) is 6.08 Å². The van der Waals surface area contributed by atoms with Crippen molar-refractivity contribution in [1.82, 2.24) is 0 Å². The Morgan fingerprint density at radius 2 is 1.74 bits per heavy atom. The highest BCUT2D eigenvalue weighted by Crippen LogP contribution is 2.12. The summed E-state index contributed by atoms with van der Waals surface area (Å²) in [5.74, 6) is 0. The number of benzene rings is 1. The second-order valence-electron chi connectivity index (χ2n) is 4.40. The lowest BCUT2D eigenvalue weighted by atomic mass is 9.80. The fourth-order valence-electron chi connectivity index (χ4n) is 1.81. The molecule has 0 spiro atoms. The highest BCUT2D eigenvalue weighted by atomic mass is 19.4. The molecule has 0 aromatic heterocycles. The van der Waals surface area contributed by atoms with E-state index >= 15 is 0 Å². The zero-order valence-corrected chi connectivity index (χ0v) is 10.4. The predicted octanol–water partition coefficient (Wildman–Crippen LogP) is 2.91.